The van der Waals surface area contributed by atoms with Crippen molar-refractivity contribution in [3.63, 3.8) is 0 Å². The van der Waals surface area contributed by atoms with Crippen molar-refractivity contribution in [2.75, 3.05) is 74.1 Å². The van der Waals surface area contributed by atoms with E-state index in [4.69, 9.17) is 33.2 Å². The molecule has 0 bridgehead atoms. The van der Waals surface area contributed by atoms with Gasteiger partial charge in [-0.25, -0.2) is 0 Å². The zero-order valence-corrected chi connectivity index (χ0v) is 35.2. The molecule has 0 saturated carbocycles. The molecule has 4 amide bonds. The predicted molar refractivity (Wildman–Crippen MR) is 245 cm³/mol. The molecule has 65 heavy (non-hydrogen) atoms. The Morgan fingerprint density at radius 1 is 0.323 bits per heavy atom. The van der Waals surface area contributed by atoms with Gasteiger partial charge in [-0.1, -0.05) is 72.8 Å². The third kappa shape index (κ3) is 13.1. The van der Waals surface area contributed by atoms with E-state index < -0.39 is 23.6 Å². The smallest absolute Gasteiger partial charge is 0.262 e. The molecule has 0 fully saturated rings. The maximum atomic E-state index is 13.5. The molecule has 0 radical (unpaired) electrons. The number of carbonyl (C=O) groups excluding carboxylic acids is 4. The lowest BCUT2D eigenvalue weighted by molar-refractivity contribution is -0.118. The van der Waals surface area contributed by atoms with Gasteiger partial charge in [-0.15, -0.1) is 0 Å². The van der Waals surface area contributed by atoms with Crippen LogP contribution in [0.5, 0.6) is 34.5 Å². The fourth-order valence-electron chi connectivity index (χ4n) is 6.32. The van der Waals surface area contributed by atoms with E-state index in [-0.39, 0.29) is 75.5 Å². The lowest BCUT2D eigenvalue weighted by Gasteiger charge is -2.15. The van der Waals surface area contributed by atoms with Gasteiger partial charge in [-0.05, 0) is 84.9 Å². The number of ether oxygens (including phenoxy) is 7. The number of rotatable bonds is 0. The second-order valence-electron chi connectivity index (χ2n) is 14.0. The van der Waals surface area contributed by atoms with Crippen LogP contribution in [0.2, 0.25) is 0 Å². The number of fused-ring (bicyclic) bond motifs is 6. The normalized spacial score (nSPS) is 14.9. The molecular formula is C50H46N4O11. The van der Waals surface area contributed by atoms with Gasteiger partial charge in [0.15, 0.2) is 13.2 Å². The van der Waals surface area contributed by atoms with E-state index in [1.54, 1.807) is 158 Å². The third-order valence-corrected chi connectivity index (χ3v) is 9.38. The summed E-state index contributed by atoms with van der Waals surface area (Å²) in [6, 6.07) is 41.1. The summed E-state index contributed by atoms with van der Waals surface area (Å²) in [4.78, 5) is 53.2. The van der Waals surface area contributed by atoms with E-state index in [9.17, 15) is 19.2 Å². The first kappa shape index (κ1) is 44.7. The Morgan fingerprint density at radius 3 is 1.05 bits per heavy atom. The maximum Gasteiger partial charge on any atom is 0.262 e. The number of para-hydroxylation sites is 10. The molecule has 6 aromatic carbocycles. The summed E-state index contributed by atoms with van der Waals surface area (Å²) in [5, 5.41) is 11.4. The van der Waals surface area contributed by atoms with Crippen molar-refractivity contribution in [2.45, 2.75) is 0 Å². The van der Waals surface area contributed by atoms with E-state index in [2.05, 4.69) is 21.3 Å². The Hall–Kier alpha value is -8.30. The number of amides is 4. The number of hydrogen-bond donors (Lipinski definition) is 4. The Bertz CT molecular complexity index is 2440. The standard InChI is InChI=1S/C50H46N4O11/c55-47-33-64-45-25-11-5-19-39(45)53-49(57)35-15-1-7-21-41(35)60-27-13-14-28-61-42-22-8-2-16-36(42)50(58)54-40-20-6-12-26-46(40)65-34-48(56)52-38-18-4-10-24-44(38)63-32-30-59-29-31-62-43-23-9-3-17-37(43)51-47/h1-26H,27-34H2,(H,51,55)(H,52,56)(H,53,57)(H,54,58). The summed E-state index contributed by atoms with van der Waals surface area (Å²) in [7, 11) is 0. The lowest BCUT2D eigenvalue weighted by Crippen LogP contribution is -2.22. The summed E-state index contributed by atoms with van der Waals surface area (Å²) in [5.41, 5.74) is 2.14. The van der Waals surface area contributed by atoms with Crippen molar-refractivity contribution in [3.8, 4) is 34.5 Å². The van der Waals surface area contributed by atoms with Crippen LogP contribution in [0.1, 0.15) is 20.7 Å². The quantitative estimate of drug-likeness (QED) is 0.109. The van der Waals surface area contributed by atoms with Gasteiger partial charge in [-0.3, -0.25) is 19.2 Å². The van der Waals surface area contributed by atoms with Gasteiger partial charge in [0.25, 0.3) is 23.6 Å². The molecule has 0 aromatic heterocycles. The minimum atomic E-state index is -0.449. The number of hydrogen-bond acceptors (Lipinski definition) is 11. The van der Waals surface area contributed by atoms with Crippen LogP contribution >= 0.6 is 0 Å². The van der Waals surface area contributed by atoms with Crippen LogP contribution in [-0.4, -0.2) is 76.5 Å². The molecule has 1 heterocycles. The van der Waals surface area contributed by atoms with Crippen molar-refractivity contribution in [1.29, 1.82) is 0 Å². The molecule has 7 rings (SSSR count). The second-order valence-corrected chi connectivity index (χ2v) is 14.0. The molecule has 0 spiro atoms. The van der Waals surface area contributed by atoms with Crippen molar-refractivity contribution in [3.05, 3.63) is 169 Å². The largest absolute Gasteiger partial charge is 0.489 e. The molecule has 1 aliphatic heterocycles. The van der Waals surface area contributed by atoms with Crippen LogP contribution in [0.4, 0.5) is 22.7 Å². The molecule has 0 atom stereocenters. The Balaban J connectivity index is 1.05. The van der Waals surface area contributed by atoms with E-state index in [1.807, 2.05) is 0 Å². The van der Waals surface area contributed by atoms with E-state index in [0.29, 0.717) is 45.7 Å². The van der Waals surface area contributed by atoms with Gasteiger partial charge < -0.3 is 54.4 Å². The fraction of sp³-hybridized carbons (Fsp3) is 0.160. The number of nitrogens with one attached hydrogen (secondary N) is 4. The molecule has 1 aliphatic rings. The van der Waals surface area contributed by atoms with Crippen molar-refractivity contribution in [2.24, 2.45) is 0 Å². The van der Waals surface area contributed by atoms with Crippen molar-refractivity contribution in [1.82, 2.24) is 0 Å². The SMILES string of the molecule is O=C1COc2ccccc2NC(=O)c2ccccc2OCC=CCOc2ccccc2C(=O)Nc2ccccc2OCC(=O)Nc2ccccc2OCCOCCOc2ccccc2N1. The molecule has 6 aromatic rings. The van der Waals surface area contributed by atoms with Crippen LogP contribution < -0.4 is 49.7 Å². The highest BCUT2D eigenvalue weighted by Gasteiger charge is 2.18. The molecular weight excluding hydrogens is 833 g/mol. The Kier molecular flexibility index (Phi) is 16.0. The molecule has 332 valence electrons. The topological polar surface area (TPSA) is 181 Å². The van der Waals surface area contributed by atoms with Crippen molar-refractivity contribution >= 4 is 46.4 Å². The molecule has 4 N–H and O–H groups in total. The molecule has 0 saturated heterocycles. The van der Waals surface area contributed by atoms with E-state index in [0.717, 1.165) is 0 Å². The van der Waals surface area contributed by atoms with Gasteiger partial charge in [-0.2, -0.15) is 0 Å². The monoisotopic (exact) mass is 878 g/mol. The average Bonchev–Trinajstić information content (AvgIpc) is 3.32. The van der Waals surface area contributed by atoms with Crippen molar-refractivity contribution < 1.29 is 52.3 Å². The average molecular weight is 879 g/mol. The first-order chi connectivity index (χ1) is 31.9. The molecule has 0 aliphatic carbocycles. The number of carbonyl (C=O) groups is 4. The molecule has 15 nitrogen and oxygen atoms in total. The molecule has 0 unspecified atom stereocenters. The summed E-state index contributed by atoms with van der Waals surface area (Å²) in [5.74, 6) is 0.320. The highest BCUT2D eigenvalue weighted by molar-refractivity contribution is 6.07. The maximum absolute atomic E-state index is 13.5. The van der Waals surface area contributed by atoms with Crippen LogP contribution in [0, 0.1) is 0 Å². The Labute approximate surface area is 375 Å². The summed E-state index contributed by atoms with van der Waals surface area (Å²) in [6.45, 7) is 0.335. The van der Waals surface area contributed by atoms with E-state index in [1.165, 1.54) is 0 Å². The first-order valence-electron chi connectivity index (χ1n) is 20.7. The summed E-state index contributed by atoms with van der Waals surface area (Å²) in [6.07, 6.45) is 3.46. The zero-order valence-electron chi connectivity index (χ0n) is 35.2. The zero-order chi connectivity index (χ0) is 45.1. The predicted octanol–water partition coefficient (Wildman–Crippen LogP) is 8.03. The first-order valence-corrected chi connectivity index (χ1v) is 20.7. The molecule has 15 heteroatoms. The second kappa shape index (κ2) is 23.2. The van der Waals surface area contributed by atoms with Gasteiger partial charge in [0.05, 0.1) is 47.1 Å². The number of benzene rings is 6. The van der Waals surface area contributed by atoms with Crippen LogP contribution in [-0.2, 0) is 14.3 Å². The van der Waals surface area contributed by atoms with Gasteiger partial charge >= 0.3 is 0 Å². The lowest BCUT2D eigenvalue weighted by atomic mass is 10.1. The number of anilines is 4. The van der Waals surface area contributed by atoms with Gasteiger partial charge in [0.1, 0.15) is 60.9 Å². The summed E-state index contributed by atoms with van der Waals surface area (Å²) < 4.78 is 41.2. The minimum absolute atomic E-state index is 0.113. The Morgan fingerprint density at radius 2 is 0.646 bits per heavy atom. The van der Waals surface area contributed by atoms with Crippen LogP contribution in [0.15, 0.2) is 158 Å². The third-order valence-electron chi connectivity index (χ3n) is 9.38. The summed E-state index contributed by atoms with van der Waals surface area (Å²) >= 11 is 0. The van der Waals surface area contributed by atoms with Crippen LogP contribution in [0.25, 0.3) is 0 Å². The fourth-order valence-corrected chi connectivity index (χ4v) is 6.32. The highest BCUT2D eigenvalue weighted by atomic mass is 16.5. The van der Waals surface area contributed by atoms with E-state index >= 15 is 0 Å². The highest BCUT2D eigenvalue weighted by Crippen LogP contribution is 2.30. The van der Waals surface area contributed by atoms with Gasteiger partial charge in [0.2, 0.25) is 0 Å². The van der Waals surface area contributed by atoms with Crippen LogP contribution in [0.3, 0.4) is 0 Å². The minimum Gasteiger partial charge on any atom is -0.489 e. The van der Waals surface area contributed by atoms with Gasteiger partial charge in [0, 0.05) is 0 Å².